The molecule has 0 amide bonds. The molecule has 0 aliphatic carbocycles. The van der Waals surface area contributed by atoms with Crippen LogP contribution in [-0.4, -0.2) is 39.7 Å². The molecule has 1 rings (SSSR count). The van der Waals surface area contributed by atoms with Crippen LogP contribution in [0.15, 0.2) is 0 Å². The number of rotatable bonds is 2. The molecule has 0 spiro atoms. The summed E-state index contributed by atoms with van der Waals surface area (Å²) >= 11 is 0. The Morgan fingerprint density at radius 3 is 2.60 bits per heavy atom. The quantitative estimate of drug-likeness (QED) is 0.425. The van der Waals surface area contributed by atoms with Crippen molar-refractivity contribution in [3.63, 3.8) is 0 Å². The first-order valence-electron chi connectivity index (χ1n) is 3.48. The molecule has 0 aromatic heterocycles. The molecule has 3 nitrogen and oxygen atoms in total. The molecule has 10 heavy (non-hydrogen) atoms. The standard InChI is InChI=1S/C6H13NO2Si/c1-7-4-3-5-10(7,6-8)9-2/h6H,3-5H2,1-2H3. The van der Waals surface area contributed by atoms with Gasteiger partial charge in [0.2, 0.25) is 0 Å². The zero-order chi connectivity index (χ0) is 7.61. The van der Waals surface area contributed by atoms with Gasteiger partial charge in [-0.25, -0.2) is 0 Å². The Labute approximate surface area is 62.2 Å². The van der Waals surface area contributed by atoms with Crippen LogP contribution in [0.4, 0.5) is 0 Å². The van der Waals surface area contributed by atoms with Crippen molar-refractivity contribution in [3.8, 4) is 0 Å². The fourth-order valence-corrected chi connectivity index (χ4v) is 3.90. The molecule has 0 radical (unpaired) electrons. The maximum absolute atomic E-state index is 10.7. The monoisotopic (exact) mass is 159 g/mol. The molecular formula is C6H13NO2Si. The first-order chi connectivity index (χ1) is 4.75. The van der Waals surface area contributed by atoms with Crippen LogP contribution < -0.4 is 0 Å². The lowest BCUT2D eigenvalue weighted by molar-refractivity contribution is 0.348. The van der Waals surface area contributed by atoms with Crippen LogP contribution in [0.3, 0.4) is 0 Å². The van der Waals surface area contributed by atoms with E-state index in [1.54, 1.807) is 7.11 Å². The molecule has 0 saturated carbocycles. The van der Waals surface area contributed by atoms with Crippen molar-refractivity contribution in [2.24, 2.45) is 0 Å². The molecule has 1 aliphatic rings. The summed E-state index contributed by atoms with van der Waals surface area (Å²) in [4.78, 5) is 10.7. The van der Waals surface area contributed by atoms with E-state index in [0.717, 1.165) is 24.9 Å². The van der Waals surface area contributed by atoms with E-state index in [1.807, 2.05) is 7.05 Å². The summed E-state index contributed by atoms with van der Waals surface area (Å²) in [5.41, 5.74) is 0. The van der Waals surface area contributed by atoms with Crippen LogP contribution >= 0.6 is 0 Å². The molecule has 0 aromatic carbocycles. The second kappa shape index (κ2) is 2.82. The van der Waals surface area contributed by atoms with Crippen molar-refractivity contribution < 1.29 is 9.22 Å². The Morgan fingerprint density at radius 1 is 1.70 bits per heavy atom. The van der Waals surface area contributed by atoms with Gasteiger partial charge in [-0.3, -0.25) is 4.57 Å². The molecule has 4 heteroatoms. The largest absolute Gasteiger partial charge is 0.401 e. The van der Waals surface area contributed by atoms with E-state index >= 15 is 0 Å². The lowest BCUT2D eigenvalue weighted by atomic mass is 10.5. The molecule has 58 valence electrons. The fourth-order valence-electron chi connectivity index (χ4n) is 1.40. The topological polar surface area (TPSA) is 29.5 Å². The van der Waals surface area contributed by atoms with Gasteiger partial charge in [0.1, 0.15) is 5.91 Å². The van der Waals surface area contributed by atoms with E-state index in [1.165, 1.54) is 0 Å². The predicted molar refractivity (Wildman–Crippen MR) is 41.6 cm³/mol. The first-order valence-corrected chi connectivity index (χ1v) is 5.62. The smallest absolute Gasteiger partial charge is 0.339 e. The third kappa shape index (κ3) is 1.02. The van der Waals surface area contributed by atoms with Gasteiger partial charge in [-0.05, 0) is 26.1 Å². The second-order valence-electron chi connectivity index (χ2n) is 2.69. The summed E-state index contributed by atoms with van der Waals surface area (Å²) in [5, 5.41) is 0. The molecule has 1 heterocycles. The highest BCUT2D eigenvalue weighted by Crippen LogP contribution is 2.22. The highest BCUT2D eigenvalue weighted by Gasteiger charge is 2.43. The van der Waals surface area contributed by atoms with Gasteiger partial charge in [-0.1, -0.05) is 0 Å². The molecule has 0 aromatic rings. The molecule has 1 unspecified atom stereocenters. The average Bonchev–Trinajstić information content (AvgIpc) is 2.32. The number of carbonyl (C=O) groups excluding carboxylic acids is 1. The highest BCUT2D eigenvalue weighted by molar-refractivity contribution is 6.94. The van der Waals surface area contributed by atoms with E-state index < -0.39 is 8.48 Å². The maximum Gasteiger partial charge on any atom is 0.339 e. The van der Waals surface area contributed by atoms with Crippen molar-refractivity contribution in [3.05, 3.63) is 0 Å². The molecule has 1 fully saturated rings. The molecule has 1 atom stereocenters. The van der Waals surface area contributed by atoms with E-state index in [9.17, 15) is 4.79 Å². The van der Waals surface area contributed by atoms with E-state index in [-0.39, 0.29) is 0 Å². The Morgan fingerprint density at radius 2 is 2.40 bits per heavy atom. The first kappa shape index (κ1) is 7.91. The summed E-state index contributed by atoms with van der Waals surface area (Å²) in [6.07, 6.45) is 1.11. The van der Waals surface area contributed by atoms with Gasteiger partial charge >= 0.3 is 8.48 Å². The predicted octanol–water partition coefficient (Wildman–Crippen LogP) is 0.182. The number of carbonyl (C=O) groups is 1. The Bertz CT molecular complexity index is 142. The molecule has 1 aliphatic heterocycles. The Hall–Kier alpha value is -0.193. The molecule has 0 bridgehead atoms. The number of hydrogen-bond donors (Lipinski definition) is 0. The van der Waals surface area contributed by atoms with E-state index in [4.69, 9.17) is 4.43 Å². The van der Waals surface area contributed by atoms with Gasteiger partial charge < -0.3 is 9.22 Å². The zero-order valence-electron chi connectivity index (χ0n) is 6.46. The molecule has 1 saturated heterocycles. The van der Waals surface area contributed by atoms with Crippen LogP contribution in [0.1, 0.15) is 6.42 Å². The minimum absolute atomic E-state index is 0.962. The molecular weight excluding hydrogens is 146 g/mol. The van der Waals surface area contributed by atoms with Crippen molar-refractivity contribution >= 4 is 14.4 Å². The summed E-state index contributed by atoms with van der Waals surface area (Å²) in [7, 11) is 1.58. The van der Waals surface area contributed by atoms with Gasteiger partial charge in [0, 0.05) is 7.11 Å². The van der Waals surface area contributed by atoms with Crippen LogP contribution in [0.2, 0.25) is 6.04 Å². The van der Waals surface area contributed by atoms with Crippen molar-refractivity contribution in [2.75, 3.05) is 20.7 Å². The Balaban J connectivity index is 2.70. The van der Waals surface area contributed by atoms with Crippen LogP contribution in [0, 0.1) is 0 Å². The maximum atomic E-state index is 10.7. The number of nitrogens with zero attached hydrogens (tertiary/aromatic N) is 1. The highest BCUT2D eigenvalue weighted by atomic mass is 28.4. The van der Waals surface area contributed by atoms with Crippen molar-refractivity contribution in [2.45, 2.75) is 12.5 Å². The van der Waals surface area contributed by atoms with Crippen LogP contribution in [-0.2, 0) is 9.22 Å². The van der Waals surface area contributed by atoms with Crippen LogP contribution in [0.25, 0.3) is 0 Å². The van der Waals surface area contributed by atoms with Gasteiger partial charge in [0.25, 0.3) is 0 Å². The van der Waals surface area contributed by atoms with Gasteiger partial charge in [0.15, 0.2) is 0 Å². The van der Waals surface area contributed by atoms with E-state index in [0.29, 0.717) is 0 Å². The lowest BCUT2D eigenvalue weighted by Crippen LogP contribution is -2.50. The SMILES string of the molecule is CO[Si]1(C=O)CCCN1C. The minimum Gasteiger partial charge on any atom is -0.401 e. The summed E-state index contributed by atoms with van der Waals surface area (Å²) < 4.78 is 7.34. The Kier molecular flexibility index (Phi) is 2.23. The van der Waals surface area contributed by atoms with Gasteiger partial charge in [-0.15, -0.1) is 0 Å². The van der Waals surface area contributed by atoms with E-state index in [2.05, 4.69) is 4.57 Å². The summed E-state index contributed by atoms with van der Waals surface area (Å²) in [6, 6.07) is 0.962. The molecule has 0 N–H and O–H groups in total. The fraction of sp³-hybridized carbons (Fsp3) is 0.833. The van der Waals surface area contributed by atoms with Crippen molar-refractivity contribution in [1.29, 1.82) is 0 Å². The number of hydrogen-bond acceptors (Lipinski definition) is 3. The third-order valence-electron chi connectivity index (χ3n) is 2.21. The lowest BCUT2D eigenvalue weighted by Gasteiger charge is -2.24. The zero-order valence-corrected chi connectivity index (χ0v) is 7.46. The minimum atomic E-state index is -2.03. The summed E-state index contributed by atoms with van der Waals surface area (Å²) in [5.74, 6) is 1.03. The third-order valence-corrected chi connectivity index (χ3v) is 5.87. The van der Waals surface area contributed by atoms with Crippen molar-refractivity contribution in [1.82, 2.24) is 4.57 Å². The van der Waals surface area contributed by atoms with Crippen LogP contribution in [0.5, 0.6) is 0 Å². The summed E-state index contributed by atoms with van der Waals surface area (Å²) in [6.45, 7) is 1.01. The van der Waals surface area contributed by atoms with Gasteiger partial charge in [-0.2, -0.15) is 0 Å². The second-order valence-corrected chi connectivity index (χ2v) is 6.29. The normalized spacial score (nSPS) is 34.6. The van der Waals surface area contributed by atoms with Gasteiger partial charge in [0.05, 0.1) is 0 Å². The average molecular weight is 159 g/mol.